The zero-order valence-electron chi connectivity index (χ0n) is 13.0. The molecule has 1 heterocycles. The zero-order valence-corrected chi connectivity index (χ0v) is 13.0. The molecule has 0 aromatic heterocycles. The molecule has 1 aromatic carbocycles. The lowest BCUT2D eigenvalue weighted by Crippen LogP contribution is -2.44. The molecule has 0 bridgehead atoms. The summed E-state index contributed by atoms with van der Waals surface area (Å²) in [6.45, 7) is 8.79. The van der Waals surface area contributed by atoms with Gasteiger partial charge in [0.25, 0.3) is 0 Å². The van der Waals surface area contributed by atoms with E-state index in [9.17, 15) is 9.90 Å². The third-order valence-electron chi connectivity index (χ3n) is 3.32. The quantitative estimate of drug-likeness (QED) is 0.864. The Morgan fingerprint density at radius 3 is 2.76 bits per heavy atom. The van der Waals surface area contributed by atoms with Crippen LogP contribution in [0.3, 0.4) is 0 Å². The summed E-state index contributed by atoms with van der Waals surface area (Å²) < 4.78 is 11.1. The predicted octanol–water partition coefficient (Wildman–Crippen LogP) is 3.01. The van der Waals surface area contributed by atoms with Crippen LogP contribution in [0, 0.1) is 6.92 Å². The standard InChI is InChI=1S/C16H23NO4/c1-11-5-6-12(9-13(11)18)14-10-17(7-8-20-14)15(19)21-16(2,3)4/h5-6,9,14,18H,7-8,10H2,1-4H3/t14-/m0/s1. The second kappa shape index (κ2) is 5.93. The van der Waals surface area contributed by atoms with Crippen LogP contribution in [0.5, 0.6) is 5.75 Å². The van der Waals surface area contributed by atoms with E-state index < -0.39 is 5.60 Å². The molecule has 0 spiro atoms. The van der Waals surface area contributed by atoms with E-state index in [-0.39, 0.29) is 17.9 Å². The Labute approximate surface area is 125 Å². The number of phenols is 1. The molecule has 0 unspecified atom stereocenters. The van der Waals surface area contributed by atoms with E-state index in [1.165, 1.54) is 0 Å². The highest BCUT2D eigenvalue weighted by Crippen LogP contribution is 2.27. The Morgan fingerprint density at radius 1 is 1.43 bits per heavy atom. The summed E-state index contributed by atoms with van der Waals surface area (Å²) in [6, 6.07) is 5.46. The van der Waals surface area contributed by atoms with Gasteiger partial charge < -0.3 is 19.5 Å². The van der Waals surface area contributed by atoms with Crippen molar-refractivity contribution in [3.8, 4) is 5.75 Å². The van der Waals surface area contributed by atoms with Crippen LogP contribution < -0.4 is 0 Å². The fourth-order valence-electron chi connectivity index (χ4n) is 2.17. The predicted molar refractivity (Wildman–Crippen MR) is 79.3 cm³/mol. The van der Waals surface area contributed by atoms with Crippen molar-refractivity contribution in [3.63, 3.8) is 0 Å². The van der Waals surface area contributed by atoms with Crippen LogP contribution in [0.1, 0.15) is 38.0 Å². The molecular weight excluding hydrogens is 270 g/mol. The number of carbonyl (C=O) groups excluding carboxylic acids is 1. The van der Waals surface area contributed by atoms with E-state index in [0.29, 0.717) is 19.7 Å². The van der Waals surface area contributed by atoms with Crippen LogP contribution in [-0.2, 0) is 9.47 Å². The molecule has 1 aliphatic heterocycles. The minimum Gasteiger partial charge on any atom is -0.508 e. The largest absolute Gasteiger partial charge is 0.508 e. The zero-order chi connectivity index (χ0) is 15.6. The van der Waals surface area contributed by atoms with Crippen molar-refractivity contribution < 1.29 is 19.4 Å². The average Bonchev–Trinajstić information content (AvgIpc) is 2.40. The number of ether oxygens (including phenoxy) is 2. The first-order valence-corrected chi connectivity index (χ1v) is 7.15. The van der Waals surface area contributed by atoms with Gasteiger partial charge in [0.1, 0.15) is 17.5 Å². The van der Waals surface area contributed by atoms with Gasteiger partial charge in [-0.05, 0) is 44.9 Å². The van der Waals surface area contributed by atoms with Crippen molar-refractivity contribution in [2.24, 2.45) is 0 Å². The summed E-state index contributed by atoms with van der Waals surface area (Å²) in [6.07, 6.45) is -0.565. The van der Waals surface area contributed by atoms with Gasteiger partial charge >= 0.3 is 6.09 Å². The number of phenolic OH excluding ortho intramolecular Hbond substituents is 1. The van der Waals surface area contributed by atoms with Gasteiger partial charge in [-0.25, -0.2) is 4.79 Å². The smallest absolute Gasteiger partial charge is 0.410 e. The van der Waals surface area contributed by atoms with Crippen LogP contribution in [0.4, 0.5) is 4.79 Å². The van der Waals surface area contributed by atoms with E-state index in [4.69, 9.17) is 9.47 Å². The third-order valence-corrected chi connectivity index (χ3v) is 3.32. The first kappa shape index (κ1) is 15.6. The van der Waals surface area contributed by atoms with Crippen molar-refractivity contribution in [3.05, 3.63) is 29.3 Å². The molecule has 1 aliphatic rings. The van der Waals surface area contributed by atoms with Crippen molar-refractivity contribution in [1.82, 2.24) is 4.90 Å². The van der Waals surface area contributed by atoms with Crippen LogP contribution in [0.25, 0.3) is 0 Å². The average molecular weight is 293 g/mol. The molecule has 1 fully saturated rings. The van der Waals surface area contributed by atoms with Gasteiger partial charge in [0, 0.05) is 6.54 Å². The lowest BCUT2D eigenvalue weighted by Gasteiger charge is -2.34. The summed E-state index contributed by atoms with van der Waals surface area (Å²) in [5.74, 6) is 0.241. The Bertz CT molecular complexity index is 521. The molecule has 5 heteroatoms. The lowest BCUT2D eigenvalue weighted by molar-refractivity contribution is -0.0433. The topological polar surface area (TPSA) is 59.0 Å². The van der Waals surface area contributed by atoms with Gasteiger partial charge in [-0.15, -0.1) is 0 Å². The maximum absolute atomic E-state index is 12.1. The number of aryl methyl sites for hydroxylation is 1. The lowest BCUT2D eigenvalue weighted by atomic mass is 10.1. The highest BCUT2D eigenvalue weighted by molar-refractivity contribution is 5.68. The fraction of sp³-hybridized carbons (Fsp3) is 0.562. The van der Waals surface area contributed by atoms with Crippen LogP contribution in [0.15, 0.2) is 18.2 Å². The number of morpholine rings is 1. The van der Waals surface area contributed by atoms with Crippen molar-refractivity contribution in [1.29, 1.82) is 0 Å². The maximum Gasteiger partial charge on any atom is 0.410 e. The Kier molecular flexibility index (Phi) is 4.42. The first-order valence-electron chi connectivity index (χ1n) is 7.15. The summed E-state index contributed by atoms with van der Waals surface area (Å²) >= 11 is 0. The molecule has 0 saturated carbocycles. The Hall–Kier alpha value is -1.75. The number of aromatic hydroxyl groups is 1. The number of hydrogen-bond acceptors (Lipinski definition) is 4. The summed E-state index contributed by atoms with van der Waals surface area (Å²) in [4.78, 5) is 13.8. The van der Waals surface area contributed by atoms with E-state index in [1.807, 2.05) is 39.8 Å². The number of amides is 1. The third kappa shape index (κ3) is 4.11. The number of carbonyl (C=O) groups is 1. The normalized spacial score (nSPS) is 19.4. The fourth-order valence-corrected chi connectivity index (χ4v) is 2.17. The van der Waals surface area contributed by atoms with Gasteiger partial charge in [0.15, 0.2) is 0 Å². The first-order chi connectivity index (χ1) is 9.76. The Morgan fingerprint density at radius 2 is 2.14 bits per heavy atom. The van der Waals surface area contributed by atoms with Crippen LogP contribution in [-0.4, -0.2) is 41.4 Å². The number of rotatable bonds is 1. The monoisotopic (exact) mass is 293 g/mol. The van der Waals surface area contributed by atoms with Gasteiger partial charge in [-0.2, -0.15) is 0 Å². The molecule has 2 rings (SSSR count). The van der Waals surface area contributed by atoms with Crippen molar-refractivity contribution in [2.45, 2.75) is 39.4 Å². The second-order valence-corrected chi connectivity index (χ2v) is 6.33. The SMILES string of the molecule is Cc1ccc([C@@H]2CN(C(=O)OC(C)(C)C)CCO2)cc1O. The van der Waals surface area contributed by atoms with Gasteiger partial charge in [0.2, 0.25) is 0 Å². The molecule has 5 nitrogen and oxygen atoms in total. The number of nitrogens with zero attached hydrogens (tertiary/aromatic N) is 1. The molecule has 1 saturated heterocycles. The maximum atomic E-state index is 12.1. The number of hydrogen-bond donors (Lipinski definition) is 1. The van der Waals surface area contributed by atoms with E-state index in [0.717, 1.165) is 11.1 Å². The van der Waals surface area contributed by atoms with Gasteiger partial charge in [0.05, 0.1) is 13.2 Å². The molecule has 0 aliphatic carbocycles. The molecular formula is C16H23NO4. The van der Waals surface area contributed by atoms with Crippen molar-refractivity contribution in [2.75, 3.05) is 19.7 Å². The summed E-state index contributed by atoms with van der Waals surface area (Å²) in [5.41, 5.74) is 1.18. The number of benzene rings is 1. The van der Waals surface area contributed by atoms with E-state index in [2.05, 4.69) is 0 Å². The minimum absolute atomic E-state index is 0.238. The highest BCUT2D eigenvalue weighted by Gasteiger charge is 2.29. The van der Waals surface area contributed by atoms with E-state index >= 15 is 0 Å². The summed E-state index contributed by atoms with van der Waals surface area (Å²) in [7, 11) is 0. The highest BCUT2D eigenvalue weighted by atomic mass is 16.6. The van der Waals surface area contributed by atoms with Crippen LogP contribution >= 0.6 is 0 Å². The van der Waals surface area contributed by atoms with Gasteiger partial charge in [-0.1, -0.05) is 12.1 Å². The molecule has 1 N–H and O–H groups in total. The van der Waals surface area contributed by atoms with E-state index in [1.54, 1.807) is 11.0 Å². The van der Waals surface area contributed by atoms with Crippen molar-refractivity contribution >= 4 is 6.09 Å². The molecule has 21 heavy (non-hydrogen) atoms. The molecule has 1 atom stereocenters. The summed E-state index contributed by atoms with van der Waals surface area (Å²) in [5, 5.41) is 9.80. The minimum atomic E-state index is -0.507. The molecule has 0 radical (unpaired) electrons. The second-order valence-electron chi connectivity index (χ2n) is 6.33. The molecule has 116 valence electrons. The molecule has 1 aromatic rings. The van der Waals surface area contributed by atoms with Gasteiger partial charge in [-0.3, -0.25) is 0 Å². The molecule has 1 amide bonds. The Balaban J connectivity index is 2.06. The van der Waals surface area contributed by atoms with Crippen LogP contribution in [0.2, 0.25) is 0 Å².